The van der Waals surface area contributed by atoms with Crippen LogP contribution in [0.25, 0.3) is 10.9 Å². The first-order valence-corrected chi connectivity index (χ1v) is 8.10. The summed E-state index contributed by atoms with van der Waals surface area (Å²) in [5.41, 5.74) is 1.12. The Labute approximate surface area is 140 Å². The van der Waals surface area contributed by atoms with Gasteiger partial charge in [-0.1, -0.05) is 30.7 Å². The highest BCUT2D eigenvalue weighted by Crippen LogP contribution is 2.37. The van der Waals surface area contributed by atoms with Gasteiger partial charge in [0.05, 0.1) is 16.1 Å². The molecule has 3 rings (SSSR count). The van der Waals surface area contributed by atoms with Crippen LogP contribution in [0.2, 0.25) is 5.02 Å². The molecule has 5 nitrogen and oxygen atoms in total. The van der Waals surface area contributed by atoms with Crippen molar-refractivity contribution in [2.24, 2.45) is 5.92 Å². The molecule has 0 aliphatic carbocycles. The van der Waals surface area contributed by atoms with Gasteiger partial charge in [0, 0.05) is 18.1 Å². The lowest BCUT2D eigenvalue weighted by molar-refractivity contribution is -0.126. The number of piperidine rings is 1. The monoisotopic (exact) mass is 333 g/mol. The van der Waals surface area contributed by atoms with Crippen molar-refractivity contribution >= 4 is 28.4 Å². The second-order valence-corrected chi connectivity index (χ2v) is 6.63. The molecule has 0 saturated carbocycles. The molecule has 122 valence electrons. The van der Waals surface area contributed by atoms with Crippen molar-refractivity contribution in [3.05, 3.63) is 41.0 Å². The van der Waals surface area contributed by atoms with Gasteiger partial charge in [0.25, 0.3) is 0 Å². The van der Waals surface area contributed by atoms with E-state index in [0.717, 1.165) is 29.4 Å². The molecule has 1 saturated heterocycles. The summed E-state index contributed by atoms with van der Waals surface area (Å²) >= 11 is 6.27. The van der Waals surface area contributed by atoms with Crippen LogP contribution in [-0.4, -0.2) is 35.7 Å². The van der Waals surface area contributed by atoms with Crippen molar-refractivity contribution in [2.75, 3.05) is 19.7 Å². The zero-order valence-corrected chi connectivity index (χ0v) is 13.7. The van der Waals surface area contributed by atoms with Crippen LogP contribution in [-0.2, 0) is 10.3 Å². The van der Waals surface area contributed by atoms with Crippen LogP contribution in [0, 0.1) is 5.92 Å². The summed E-state index contributed by atoms with van der Waals surface area (Å²) in [5, 5.41) is 17.1. The Balaban J connectivity index is 2.17. The number of halogens is 1. The zero-order chi connectivity index (χ0) is 16.4. The van der Waals surface area contributed by atoms with Crippen molar-refractivity contribution in [3.63, 3.8) is 0 Å². The molecule has 1 aliphatic heterocycles. The number of nitrogens with one attached hydrogen (secondary N) is 2. The number of benzene rings is 1. The minimum absolute atomic E-state index is 0.382. The van der Waals surface area contributed by atoms with E-state index in [4.69, 9.17) is 11.6 Å². The van der Waals surface area contributed by atoms with E-state index < -0.39 is 12.1 Å². The zero-order valence-electron chi connectivity index (χ0n) is 13.0. The number of fused-ring (bicyclic) bond motifs is 1. The number of hydrogen-bond acceptors (Lipinski definition) is 4. The second kappa shape index (κ2) is 6.43. The number of carbonyl (C=O) groups is 1. The third kappa shape index (κ3) is 3.04. The Hall–Kier alpha value is -1.69. The molecule has 23 heavy (non-hydrogen) atoms. The van der Waals surface area contributed by atoms with Gasteiger partial charge in [0.15, 0.2) is 0 Å². The lowest BCUT2D eigenvalue weighted by Gasteiger charge is -2.42. The van der Waals surface area contributed by atoms with E-state index in [1.165, 1.54) is 0 Å². The summed E-state index contributed by atoms with van der Waals surface area (Å²) in [6, 6.07) is 7.60. The molecule has 1 amide bonds. The summed E-state index contributed by atoms with van der Waals surface area (Å²) in [6.45, 7) is 3.12. The smallest absolute Gasteiger partial charge is 0.246 e. The first-order chi connectivity index (χ1) is 11.1. The van der Waals surface area contributed by atoms with Crippen LogP contribution in [0.3, 0.4) is 0 Å². The first kappa shape index (κ1) is 16.2. The molecule has 1 aliphatic rings. The summed E-state index contributed by atoms with van der Waals surface area (Å²) < 4.78 is 0. The van der Waals surface area contributed by atoms with Crippen LogP contribution in [0.15, 0.2) is 30.5 Å². The van der Waals surface area contributed by atoms with Crippen LogP contribution in [0.1, 0.15) is 18.9 Å². The largest absolute Gasteiger partial charge is 0.387 e. The molecular formula is C17H20ClN3O2. The van der Waals surface area contributed by atoms with Crippen molar-refractivity contribution < 1.29 is 9.90 Å². The standard InChI is InChI=1S/C17H20ClN3O2/c1-11-7-17(10-19-8-11,21-15(23)9-22)13-4-5-14(18)16-12(13)3-2-6-20-16/h2-6,11,19,22H,7-10H2,1H3,(H,21,23)/t11-,17-/m0/s1. The van der Waals surface area contributed by atoms with Crippen molar-refractivity contribution in [1.82, 2.24) is 15.6 Å². The number of nitrogens with zero attached hydrogens (tertiary/aromatic N) is 1. The van der Waals surface area contributed by atoms with Crippen LogP contribution in [0.4, 0.5) is 0 Å². The molecule has 2 atom stereocenters. The van der Waals surface area contributed by atoms with E-state index in [0.29, 0.717) is 17.5 Å². The van der Waals surface area contributed by atoms with Gasteiger partial charge in [-0.2, -0.15) is 0 Å². The third-order valence-electron chi connectivity index (χ3n) is 4.37. The summed E-state index contributed by atoms with van der Waals surface area (Å²) in [6.07, 6.45) is 2.50. The van der Waals surface area contributed by atoms with Gasteiger partial charge in [0.1, 0.15) is 6.61 Å². The topological polar surface area (TPSA) is 74.2 Å². The van der Waals surface area contributed by atoms with Gasteiger partial charge in [-0.3, -0.25) is 9.78 Å². The number of aliphatic hydroxyl groups is 1. The van der Waals surface area contributed by atoms with E-state index in [1.54, 1.807) is 6.20 Å². The maximum Gasteiger partial charge on any atom is 0.246 e. The molecule has 2 aromatic rings. The minimum Gasteiger partial charge on any atom is -0.387 e. The number of carbonyl (C=O) groups excluding carboxylic acids is 1. The average Bonchev–Trinajstić information content (AvgIpc) is 2.55. The molecule has 0 spiro atoms. The maximum absolute atomic E-state index is 11.9. The highest BCUT2D eigenvalue weighted by molar-refractivity contribution is 6.35. The highest BCUT2D eigenvalue weighted by Gasteiger charge is 2.39. The number of aromatic nitrogens is 1. The molecular weight excluding hydrogens is 314 g/mol. The van der Waals surface area contributed by atoms with E-state index in [1.807, 2.05) is 24.3 Å². The Bertz CT molecular complexity index is 737. The molecule has 2 heterocycles. The molecule has 0 radical (unpaired) electrons. The molecule has 0 unspecified atom stereocenters. The number of aliphatic hydroxyl groups excluding tert-OH is 1. The van der Waals surface area contributed by atoms with E-state index in [9.17, 15) is 9.90 Å². The molecule has 1 aromatic heterocycles. The number of hydrogen-bond donors (Lipinski definition) is 3. The minimum atomic E-state index is -0.580. The predicted octanol–water partition coefficient (Wildman–Crippen LogP) is 1.82. The van der Waals surface area contributed by atoms with Gasteiger partial charge >= 0.3 is 0 Å². The Morgan fingerprint density at radius 2 is 2.35 bits per heavy atom. The molecule has 1 fully saturated rings. The first-order valence-electron chi connectivity index (χ1n) is 7.72. The summed E-state index contributed by atoms with van der Waals surface area (Å²) in [4.78, 5) is 16.3. The Kier molecular flexibility index (Phi) is 4.53. The van der Waals surface area contributed by atoms with E-state index in [2.05, 4.69) is 22.5 Å². The second-order valence-electron chi connectivity index (χ2n) is 6.22. The van der Waals surface area contributed by atoms with Gasteiger partial charge in [0.2, 0.25) is 5.91 Å². The fraction of sp³-hybridized carbons (Fsp3) is 0.412. The number of amides is 1. The summed E-state index contributed by atoms with van der Waals surface area (Å²) in [5.74, 6) is 0.0121. The van der Waals surface area contributed by atoms with Crippen molar-refractivity contribution in [2.45, 2.75) is 18.9 Å². The average molecular weight is 334 g/mol. The number of pyridine rings is 1. The van der Waals surface area contributed by atoms with Crippen LogP contribution < -0.4 is 10.6 Å². The Morgan fingerprint density at radius 3 is 3.09 bits per heavy atom. The number of rotatable bonds is 3. The Morgan fingerprint density at radius 1 is 1.52 bits per heavy atom. The molecule has 3 N–H and O–H groups in total. The SMILES string of the molecule is C[C@@H]1CNC[C@](NC(=O)CO)(c2ccc(Cl)c3ncccc23)C1. The molecule has 6 heteroatoms. The fourth-order valence-corrected chi connectivity index (χ4v) is 3.71. The van der Waals surface area contributed by atoms with Gasteiger partial charge in [-0.05, 0) is 36.6 Å². The normalized spacial score (nSPS) is 24.6. The lowest BCUT2D eigenvalue weighted by atomic mass is 9.77. The van der Waals surface area contributed by atoms with E-state index >= 15 is 0 Å². The van der Waals surface area contributed by atoms with Crippen LogP contribution in [0.5, 0.6) is 0 Å². The van der Waals surface area contributed by atoms with Crippen molar-refractivity contribution in [1.29, 1.82) is 0 Å². The van der Waals surface area contributed by atoms with Gasteiger partial charge < -0.3 is 15.7 Å². The maximum atomic E-state index is 11.9. The fourth-order valence-electron chi connectivity index (χ4n) is 3.50. The van der Waals surface area contributed by atoms with Crippen molar-refractivity contribution in [3.8, 4) is 0 Å². The molecule has 1 aromatic carbocycles. The highest BCUT2D eigenvalue weighted by atomic mass is 35.5. The lowest BCUT2D eigenvalue weighted by Crippen LogP contribution is -2.57. The molecule has 0 bridgehead atoms. The third-order valence-corrected chi connectivity index (χ3v) is 4.68. The van der Waals surface area contributed by atoms with E-state index in [-0.39, 0.29) is 5.91 Å². The quantitative estimate of drug-likeness (QED) is 0.801. The summed E-state index contributed by atoms with van der Waals surface area (Å²) in [7, 11) is 0. The van der Waals surface area contributed by atoms with Crippen LogP contribution >= 0.6 is 11.6 Å². The van der Waals surface area contributed by atoms with Gasteiger partial charge in [-0.25, -0.2) is 0 Å². The predicted molar refractivity (Wildman–Crippen MR) is 90.3 cm³/mol. The van der Waals surface area contributed by atoms with Gasteiger partial charge in [-0.15, -0.1) is 0 Å².